The predicted octanol–water partition coefficient (Wildman–Crippen LogP) is 3.40. The summed E-state index contributed by atoms with van der Waals surface area (Å²) in [6.07, 6.45) is 1.91. The van der Waals surface area contributed by atoms with Crippen LogP contribution in [-0.4, -0.2) is 66.4 Å². The number of ether oxygens (including phenoxy) is 2. The molecule has 2 aromatic carbocycles. The Morgan fingerprint density at radius 2 is 1.66 bits per heavy atom. The monoisotopic (exact) mass is 478 g/mol. The van der Waals surface area contributed by atoms with Gasteiger partial charge in [-0.1, -0.05) is 48.5 Å². The first-order valence-corrected chi connectivity index (χ1v) is 12.2. The van der Waals surface area contributed by atoms with Crippen LogP contribution in [-0.2, 0) is 19.1 Å². The number of hydrogen-bond donors (Lipinski definition) is 2. The van der Waals surface area contributed by atoms with Crippen molar-refractivity contribution in [1.82, 2.24) is 10.2 Å². The van der Waals surface area contributed by atoms with Crippen LogP contribution in [0, 0.1) is 5.92 Å². The van der Waals surface area contributed by atoms with Crippen molar-refractivity contribution >= 4 is 18.0 Å². The maximum Gasteiger partial charge on any atom is 0.407 e. The van der Waals surface area contributed by atoms with Crippen LogP contribution in [0.15, 0.2) is 48.5 Å². The topological polar surface area (TPSA) is 105 Å². The summed E-state index contributed by atoms with van der Waals surface area (Å²) in [4.78, 5) is 37.9. The molecule has 0 aromatic heterocycles. The molecule has 0 spiro atoms. The van der Waals surface area contributed by atoms with Crippen molar-refractivity contribution in [2.75, 3.05) is 26.4 Å². The van der Waals surface area contributed by atoms with E-state index < -0.39 is 18.0 Å². The molecule has 8 heteroatoms. The van der Waals surface area contributed by atoms with Gasteiger partial charge in [0.05, 0.1) is 25.6 Å². The molecule has 2 amide bonds. The van der Waals surface area contributed by atoms with E-state index in [2.05, 4.69) is 29.6 Å². The lowest BCUT2D eigenvalue weighted by Gasteiger charge is -2.23. The molecule has 5 rings (SSSR count). The van der Waals surface area contributed by atoms with E-state index in [4.69, 9.17) is 9.47 Å². The minimum atomic E-state index is -0.814. The number of alkyl carbamates (subject to hydrolysis) is 1. The summed E-state index contributed by atoms with van der Waals surface area (Å²) >= 11 is 0. The molecule has 3 atom stereocenters. The third-order valence-electron chi connectivity index (χ3n) is 7.46. The molecule has 0 saturated carbocycles. The number of rotatable bonds is 9. The van der Waals surface area contributed by atoms with E-state index in [0.717, 1.165) is 24.0 Å². The Kier molecular flexibility index (Phi) is 6.72. The average Bonchev–Trinajstić information content (AvgIpc) is 3.54. The van der Waals surface area contributed by atoms with Crippen LogP contribution in [0.2, 0.25) is 0 Å². The molecule has 2 aliphatic heterocycles. The van der Waals surface area contributed by atoms with Gasteiger partial charge in [0.25, 0.3) is 0 Å². The van der Waals surface area contributed by atoms with Crippen molar-refractivity contribution in [2.45, 2.75) is 43.7 Å². The minimum absolute atomic E-state index is 0.0111. The molecule has 1 aliphatic carbocycles. The zero-order valence-electron chi connectivity index (χ0n) is 19.5. The van der Waals surface area contributed by atoms with Gasteiger partial charge in [0.15, 0.2) is 0 Å². The molecule has 2 saturated heterocycles. The second-order valence-electron chi connectivity index (χ2n) is 9.39. The SMILES string of the molecule is O=C(NCCOCCC(=O)N1[C@@H]2CC[C@H]1[C@@H](C(=O)O)C2)OCC1c2ccccc2-c2ccccc21. The normalized spacial score (nSPS) is 22.1. The lowest BCUT2D eigenvalue weighted by Crippen LogP contribution is -2.38. The Hall–Kier alpha value is -3.39. The van der Waals surface area contributed by atoms with Gasteiger partial charge in [-0.3, -0.25) is 9.59 Å². The summed E-state index contributed by atoms with van der Waals surface area (Å²) in [5.41, 5.74) is 4.69. The Morgan fingerprint density at radius 1 is 0.971 bits per heavy atom. The molecule has 3 aliphatic rings. The van der Waals surface area contributed by atoms with Crippen LogP contribution >= 0.6 is 0 Å². The first kappa shape index (κ1) is 23.4. The highest BCUT2D eigenvalue weighted by molar-refractivity contribution is 5.81. The highest BCUT2D eigenvalue weighted by Gasteiger charge is 2.50. The number of benzene rings is 2. The molecule has 0 unspecified atom stereocenters. The lowest BCUT2D eigenvalue weighted by molar-refractivity contribution is -0.143. The molecule has 184 valence electrons. The summed E-state index contributed by atoms with van der Waals surface area (Å²) < 4.78 is 11.0. The van der Waals surface area contributed by atoms with E-state index in [9.17, 15) is 19.5 Å². The maximum absolute atomic E-state index is 12.6. The van der Waals surface area contributed by atoms with Crippen molar-refractivity contribution in [3.63, 3.8) is 0 Å². The molecule has 2 N–H and O–H groups in total. The molecule has 35 heavy (non-hydrogen) atoms. The average molecular weight is 479 g/mol. The molecule has 0 radical (unpaired) electrons. The molecule has 8 nitrogen and oxygen atoms in total. The van der Waals surface area contributed by atoms with E-state index in [1.54, 1.807) is 4.90 Å². The Balaban J connectivity index is 1.01. The van der Waals surface area contributed by atoms with Gasteiger partial charge in [-0.15, -0.1) is 0 Å². The maximum atomic E-state index is 12.6. The van der Waals surface area contributed by atoms with Gasteiger partial charge < -0.3 is 24.8 Å². The highest BCUT2D eigenvalue weighted by atomic mass is 16.5. The largest absolute Gasteiger partial charge is 0.481 e. The molecule has 2 bridgehead atoms. The molecule has 2 fully saturated rings. The zero-order valence-corrected chi connectivity index (χ0v) is 19.5. The van der Waals surface area contributed by atoms with E-state index >= 15 is 0 Å². The Bertz CT molecular complexity index is 1070. The van der Waals surface area contributed by atoms with Gasteiger partial charge in [0.1, 0.15) is 6.61 Å². The van der Waals surface area contributed by atoms with Crippen LogP contribution in [0.5, 0.6) is 0 Å². The number of carboxylic acid groups (broad SMARTS) is 1. The van der Waals surface area contributed by atoms with Gasteiger partial charge in [-0.25, -0.2) is 4.79 Å². The minimum Gasteiger partial charge on any atom is -0.481 e. The van der Waals surface area contributed by atoms with Crippen molar-refractivity contribution in [3.8, 4) is 11.1 Å². The van der Waals surface area contributed by atoms with Gasteiger partial charge in [0, 0.05) is 24.5 Å². The van der Waals surface area contributed by atoms with Crippen LogP contribution < -0.4 is 5.32 Å². The first-order valence-electron chi connectivity index (χ1n) is 12.2. The number of fused-ring (bicyclic) bond motifs is 5. The Labute approximate surface area is 204 Å². The third kappa shape index (κ3) is 4.62. The second kappa shape index (κ2) is 10.1. The standard InChI is InChI=1S/C27H30N2O6/c30-25(29-17-9-10-24(29)22(15-17)26(31)32)11-13-34-14-12-28-27(33)35-16-23-20-7-3-1-5-18(20)19-6-2-4-8-21(19)23/h1-8,17,22-24H,9-16H2,(H,28,33)(H,31,32)/t17-,22+,24+/m1/s1. The Morgan fingerprint density at radius 3 is 2.31 bits per heavy atom. The number of hydrogen-bond acceptors (Lipinski definition) is 5. The van der Waals surface area contributed by atoms with Crippen molar-refractivity contribution in [1.29, 1.82) is 0 Å². The number of amides is 2. The smallest absolute Gasteiger partial charge is 0.407 e. The number of nitrogens with zero attached hydrogens (tertiary/aromatic N) is 1. The molecule has 2 heterocycles. The fourth-order valence-electron chi connectivity index (χ4n) is 5.91. The van der Waals surface area contributed by atoms with Crippen LogP contribution in [0.4, 0.5) is 4.79 Å². The van der Waals surface area contributed by atoms with E-state index in [0.29, 0.717) is 6.42 Å². The van der Waals surface area contributed by atoms with Crippen molar-refractivity contribution < 1.29 is 29.0 Å². The molecular formula is C27H30N2O6. The number of nitrogens with one attached hydrogen (secondary N) is 1. The lowest BCUT2D eigenvalue weighted by atomic mass is 9.89. The molecular weight excluding hydrogens is 448 g/mol. The van der Waals surface area contributed by atoms with E-state index in [1.807, 2.05) is 24.3 Å². The van der Waals surface area contributed by atoms with E-state index in [1.165, 1.54) is 11.1 Å². The van der Waals surface area contributed by atoms with E-state index in [-0.39, 0.29) is 56.7 Å². The van der Waals surface area contributed by atoms with Crippen molar-refractivity contribution in [2.24, 2.45) is 5.92 Å². The van der Waals surface area contributed by atoms with Crippen molar-refractivity contribution in [3.05, 3.63) is 59.7 Å². The summed E-state index contributed by atoms with van der Waals surface area (Å²) in [6, 6.07) is 16.2. The quantitative estimate of drug-likeness (QED) is 0.536. The van der Waals surface area contributed by atoms with Crippen LogP contribution in [0.3, 0.4) is 0 Å². The second-order valence-corrected chi connectivity index (χ2v) is 9.39. The highest BCUT2D eigenvalue weighted by Crippen LogP contribution is 2.44. The number of carbonyl (C=O) groups is 3. The first-order chi connectivity index (χ1) is 17.0. The van der Waals surface area contributed by atoms with Gasteiger partial charge in [-0.05, 0) is 41.5 Å². The predicted molar refractivity (Wildman–Crippen MR) is 128 cm³/mol. The number of aliphatic carboxylic acids is 1. The number of carboxylic acids is 1. The van der Waals surface area contributed by atoms with Gasteiger partial charge in [0.2, 0.25) is 5.91 Å². The molecule has 2 aromatic rings. The summed E-state index contributed by atoms with van der Waals surface area (Å²) in [7, 11) is 0. The fraction of sp³-hybridized carbons (Fsp3) is 0.444. The van der Waals surface area contributed by atoms with Crippen LogP contribution in [0.1, 0.15) is 42.7 Å². The number of carbonyl (C=O) groups excluding carboxylic acids is 2. The van der Waals surface area contributed by atoms with Gasteiger partial charge in [-0.2, -0.15) is 0 Å². The third-order valence-corrected chi connectivity index (χ3v) is 7.46. The van der Waals surface area contributed by atoms with Gasteiger partial charge >= 0.3 is 12.1 Å². The fourth-order valence-corrected chi connectivity index (χ4v) is 5.91. The zero-order chi connectivity index (χ0) is 24.4. The van der Waals surface area contributed by atoms with Crippen LogP contribution in [0.25, 0.3) is 11.1 Å². The summed E-state index contributed by atoms with van der Waals surface area (Å²) in [5.74, 6) is -1.30. The summed E-state index contributed by atoms with van der Waals surface area (Å²) in [6.45, 7) is 1.03. The summed E-state index contributed by atoms with van der Waals surface area (Å²) in [5, 5.41) is 12.0.